The highest BCUT2D eigenvalue weighted by molar-refractivity contribution is 5.89. The molecule has 0 saturated carbocycles. The molecule has 18 heavy (non-hydrogen) atoms. The number of halogens is 1. The van der Waals surface area contributed by atoms with Gasteiger partial charge in [-0.05, 0) is 51.7 Å². The third-order valence-corrected chi connectivity index (χ3v) is 2.52. The predicted octanol–water partition coefficient (Wildman–Crippen LogP) is 2.21. The number of carbonyl (C=O) groups is 1. The Morgan fingerprint density at radius 1 is 1.39 bits per heavy atom. The lowest BCUT2D eigenvalue weighted by Crippen LogP contribution is -2.31. The lowest BCUT2D eigenvalue weighted by Gasteiger charge is -2.11. The van der Waals surface area contributed by atoms with Crippen LogP contribution in [-0.4, -0.2) is 38.1 Å². The number of aryl methyl sites for hydroxylation is 1. The van der Waals surface area contributed by atoms with E-state index in [4.69, 9.17) is 0 Å². The van der Waals surface area contributed by atoms with Gasteiger partial charge in [0.1, 0.15) is 5.82 Å². The number of benzene rings is 1. The van der Waals surface area contributed by atoms with E-state index in [-0.39, 0.29) is 11.8 Å². The highest BCUT2D eigenvalue weighted by atomic mass is 19.1. The Balaban J connectivity index is 2.38. The van der Waals surface area contributed by atoms with Gasteiger partial charge in [0.15, 0.2) is 0 Å². The SMILES string of the molecule is Cc1ccc(F)cc1NC(=O)NCCCN(C)C. The monoisotopic (exact) mass is 253 g/mol. The number of carbonyl (C=O) groups excluding carboxylic acids is 1. The first kappa shape index (κ1) is 14.4. The fourth-order valence-corrected chi connectivity index (χ4v) is 1.49. The van der Waals surface area contributed by atoms with Gasteiger partial charge >= 0.3 is 6.03 Å². The van der Waals surface area contributed by atoms with Crippen molar-refractivity contribution in [3.63, 3.8) is 0 Å². The minimum absolute atomic E-state index is 0.303. The van der Waals surface area contributed by atoms with Crippen LogP contribution in [0.25, 0.3) is 0 Å². The molecule has 2 N–H and O–H groups in total. The Labute approximate surface area is 107 Å². The molecule has 0 aliphatic heterocycles. The van der Waals surface area contributed by atoms with E-state index >= 15 is 0 Å². The number of nitrogens with one attached hydrogen (secondary N) is 2. The zero-order valence-electron chi connectivity index (χ0n) is 11.1. The van der Waals surface area contributed by atoms with Crippen molar-refractivity contribution >= 4 is 11.7 Å². The summed E-state index contributed by atoms with van der Waals surface area (Å²) in [5.41, 5.74) is 1.33. The van der Waals surface area contributed by atoms with Crippen molar-refractivity contribution in [2.75, 3.05) is 32.5 Å². The molecule has 0 heterocycles. The average molecular weight is 253 g/mol. The van der Waals surface area contributed by atoms with E-state index in [0.29, 0.717) is 12.2 Å². The fourth-order valence-electron chi connectivity index (χ4n) is 1.49. The van der Waals surface area contributed by atoms with E-state index < -0.39 is 0 Å². The molecule has 2 amide bonds. The van der Waals surface area contributed by atoms with Crippen LogP contribution in [0, 0.1) is 12.7 Å². The van der Waals surface area contributed by atoms with Crippen LogP contribution in [-0.2, 0) is 0 Å². The Bertz CT molecular complexity index is 407. The fraction of sp³-hybridized carbons (Fsp3) is 0.462. The van der Waals surface area contributed by atoms with Crippen molar-refractivity contribution < 1.29 is 9.18 Å². The highest BCUT2D eigenvalue weighted by Crippen LogP contribution is 2.15. The van der Waals surface area contributed by atoms with Crippen LogP contribution in [0.1, 0.15) is 12.0 Å². The minimum atomic E-state index is -0.358. The standard InChI is InChI=1S/C13H20FN3O/c1-10-5-6-11(14)9-12(10)16-13(18)15-7-4-8-17(2)3/h5-6,9H,4,7-8H2,1-3H3,(H2,15,16,18). The maximum absolute atomic E-state index is 13.0. The average Bonchev–Trinajstić information content (AvgIpc) is 2.29. The first-order valence-electron chi connectivity index (χ1n) is 5.95. The van der Waals surface area contributed by atoms with Crippen LogP contribution in [0.15, 0.2) is 18.2 Å². The quantitative estimate of drug-likeness (QED) is 0.790. The lowest BCUT2D eigenvalue weighted by atomic mass is 10.2. The second-order valence-electron chi connectivity index (χ2n) is 4.50. The predicted molar refractivity (Wildman–Crippen MR) is 71.3 cm³/mol. The number of hydrogen-bond donors (Lipinski definition) is 2. The van der Waals surface area contributed by atoms with Gasteiger partial charge in [-0.3, -0.25) is 0 Å². The maximum Gasteiger partial charge on any atom is 0.319 e. The van der Waals surface area contributed by atoms with E-state index in [1.165, 1.54) is 12.1 Å². The number of urea groups is 1. The van der Waals surface area contributed by atoms with Gasteiger partial charge in [0.2, 0.25) is 0 Å². The van der Waals surface area contributed by atoms with E-state index in [2.05, 4.69) is 15.5 Å². The third kappa shape index (κ3) is 5.14. The van der Waals surface area contributed by atoms with Crippen molar-refractivity contribution in [1.29, 1.82) is 0 Å². The number of nitrogens with zero attached hydrogens (tertiary/aromatic N) is 1. The molecule has 0 atom stereocenters. The molecule has 0 bridgehead atoms. The van der Waals surface area contributed by atoms with Crippen molar-refractivity contribution in [1.82, 2.24) is 10.2 Å². The van der Waals surface area contributed by atoms with Gasteiger partial charge in [0.05, 0.1) is 0 Å². The van der Waals surface area contributed by atoms with Crippen LogP contribution in [0.4, 0.5) is 14.9 Å². The van der Waals surface area contributed by atoms with Gasteiger partial charge in [-0.1, -0.05) is 6.07 Å². The number of hydrogen-bond acceptors (Lipinski definition) is 2. The third-order valence-electron chi connectivity index (χ3n) is 2.52. The summed E-state index contributed by atoms with van der Waals surface area (Å²) >= 11 is 0. The van der Waals surface area contributed by atoms with Gasteiger partial charge in [0.25, 0.3) is 0 Å². The molecule has 1 rings (SSSR count). The second-order valence-corrected chi connectivity index (χ2v) is 4.50. The summed E-state index contributed by atoms with van der Waals surface area (Å²) in [6.45, 7) is 3.33. The van der Waals surface area contributed by atoms with Crippen molar-refractivity contribution in [3.8, 4) is 0 Å². The molecule has 0 aromatic heterocycles. The normalized spacial score (nSPS) is 10.5. The molecule has 0 spiro atoms. The molecular formula is C13H20FN3O. The molecule has 5 heteroatoms. The van der Waals surface area contributed by atoms with Crippen LogP contribution >= 0.6 is 0 Å². The Kier molecular flexibility index (Phi) is 5.58. The van der Waals surface area contributed by atoms with Crippen LogP contribution in [0.5, 0.6) is 0 Å². The molecule has 0 aliphatic rings. The smallest absolute Gasteiger partial charge is 0.319 e. The molecule has 100 valence electrons. The zero-order valence-corrected chi connectivity index (χ0v) is 11.1. The molecule has 0 fully saturated rings. The van der Waals surface area contributed by atoms with Crippen LogP contribution in [0.3, 0.4) is 0 Å². The van der Waals surface area contributed by atoms with Crippen LogP contribution in [0.2, 0.25) is 0 Å². The van der Waals surface area contributed by atoms with Gasteiger partial charge in [-0.2, -0.15) is 0 Å². The van der Waals surface area contributed by atoms with Crippen molar-refractivity contribution in [2.24, 2.45) is 0 Å². The molecule has 0 aliphatic carbocycles. The molecule has 0 radical (unpaired) electrons. The Morgan fingerprint density at radius 2 is 2.11 bits per heavy atom. The van der Waals surface area contributed by atoms with E-state index in [0.717, 1.165) is 18.5 Å². The van der Waals surface area contributed by atoms with Crippen molar-refractivity contribution in [3.05, 3.63) is 29.6 Å². The first-order valence-corrected chi connectivity index (χ1v) is 5.95. The van der Waals surface area contributed by atoms with Gasteiger partial charge in [-0.25, -0.2) is 9.18 Å². The molecular weight excluding hydrogens is 233 g/mol. The second kappa shape index (κ2) is 6.96. The lowest BCUT2D eigenvalue weighted by molar-refractivity contribution is 0.251. The molecule has 0 saturated heterocycles. The Morgan fingerprint density at radius 3 is 2.78 bits per heavy atom. The maximum atomic E-state index is 13.0. The number of amides is 2. The van der Waals surface area contributed by atoms with E-state index in [9.17, 15) is 9.18 Å². The summed E-state index contributed by atoms with van der Waals surface area (Å²) in [6, 6.07) is 4.02. The summed E-state index contributed by atoms with van der Waals surface area (Å²) in [6.07, 6.45) is 0.878. The first-order chi connectivity index (χ1) is 8.49. The molecule has 1 aromatic rings. The summed E-state index contributed by atoms with van der Waals surface area (Å²) in [4.78, 5) is 13.6. The Hall–Kier alpha value is -1.62. The topological polar surface area (TPSA) is 44.4 Å². The van der Waals surface area contributed by atoms with Gasteiger partial charge < -0.3 is 15.5 Å². The number of anilines is 1. The highest BCUT2D eigenvalue weighted by Gasteiger charge is 2.04. The van der Waals surface area contributed by atoms with Gasteiger partial charge in [0, 0.05) is 12.2 Å². The molecule has 4 nitrogen and oxygen atoms in total. The minimum Gasteiger partial charge on any atom is -0.338 e. The molecule has 1 aromatic carbocycles. The van der Waals surface area contributed by atoms with Gasteiger partial charge in [-0.15, -0.1) is 0 Å². The molecule has 0 unspecified atom stereocenters. The summed E-state index contributed by atoms with van der Waals surface area (Å²) in [5, 5.41) is 5.37. The zero-order chi connectivity index (χ0) is 13.5. The number of rotatable bonds is 5. The summed E-state index contributed by atoms with van der Waals surface area (Å²) in [7, 11) is 3.96. The van der Waals surface area contributed by atoms with Crippen LogP contribution < -0.4 is 10.6 Å². The van der Waals surface area contributed by atoms with E-state index in [1.54, 1.807) is 6.07 Å². The van der Waals surface area contributed by atoms with E-state index in [1.807, 2.05) is 21.0 Å². The van der Waals surface area contributed by atoms with Crippen molar-refractivity contribution in [2.45, 2.75) is 13.3 Å². The largest absolute Gasteiger partial charge is 0.338 e. The summed E-state index contributed by atoms with van der Waals surface area (Å²) < 4.78 is 13.0. The summed E-state index contributed by atoms with van der Waals surface area (Å²) in [5.74, 6) is -0.358.